The molecule has 0 radical (unpaired) electrons. The van der Waals surface area contributed by atoms with E-state index in [1.165, 1.54) is 11.0 Å². The van der Waals surface area contributed by atoms with Gasteiger partial charge in [0.05, 0.1) is 5.69 Å². The van der Waals surface area contributed by atoms with Crippen molar-refractivity contribution in [2.45, 2.75) is 25.9 Å². The molecule has 0 unspecified atom stereocenters. The molecule has 0 bridgehead atoms. The van der Waals surface area contributed by atoms with E-state index < -0.39 is 23.6 Å². The third-order valence-corrected chi connectivity index (χ3v) is 2.85. The van der Waals surface area contributed by atoms with Gasteiger partial charge in [-0.2, -0.15) is 0 Å². The van der Waals surface area contributed by atoms with E-state index in [0.29, 0.717) is 12.0 Å². The number of hydrogen-bond acceptors (Lipinski definition) is 3. The SMILES string of the molecule is CC[C@@H](NCc1ccc(F)c(F)c1N(C)C)C(=O)O. The molecule has 2 N–H and O–H groups in total. The summed E-state index contributed by atoms with van der Waals surface area (Å²) in [5.74, 6) is -2.80. The number of rotatable bonds is 6. The number of nitrogens with zero attached hydrogens (tertiary/aromatic N) is 1. The summed E-state index contributed by atoms with van der Waals surface area (Å²) in [7, 11) is 3.21. The summed E-state index contributed by atoms with van der Waals surface area (Å²) < 4.78 is 26.9. The number of nitrogens with one attached hydrogen (secondary N) is 1. The summed E-state index contributed by atoms with van der Waals surface area (Å²) in [5.41, 5.74) is 0.649. The van der Waals surface area contributed by atoms with Crippen molar-refractivity contribution < 1.29 is 18.7 Å². The Kier molecular flexibility index (Phi) is 5.23. The Hall–Kier alpha value is -1.69. The first kappa shape index (κ1) is 15.4. The lowest BCUT2D eigenvalue weighted by Crippen LogP contribution is -2.35. The molecule has 0 aliphatic heterocycles. The van der Waals surface area contributed by atoms with Crippen LogP contribution in [0.5, 0.6) is 0 Å². The minimum Gasteiger partial charge on any atom is -0.480 e. The van der Waals surface area contributed by atoms with Crippen LogP contribution in [0.4, 0.5) is 14.5 Å². The summed E-state index contributed by atoms with van der Waals surface area (Å²) in [4.78, 5) is 12.4. The quantitative estimate of drug-likeness (QED) is 0.831. The molecule has 0 aliphatic rings. The van der Waals surface area contributed by atoms with Gasteiger partial charge in [0.1, 0.15) is 6.04 Å². The lowest BCUT2D eigenvalue weighted by atomic mass is 10.1. The molecule has 0 spiro atoms. The van der Waals surface area contributed by atoms with Crippen LogP contribution in [-0.4, -0.2) is 31.2 Å². The maximum atomic E-state index is 13.7. The largest absolute Gasteiger partial charge is 0.480 e. The van der Waals surface area contributed by atoms with Crippen molar-refractivity contribution in [3.05, 3.63) is 29.3 Å². The van der Waals surface area contributed by atoms with Crippen molar-refractivity contribution in [3.63, 3.8) is 0 Å². The van der Waals surface area contributed by atoms with Gasteiger partial charge in [0.15, 0.2) is 11.6 Å². The van der Waals surface area contributed by atoms with Gasteiger partial charge in [-0.3, -0.25) is 4.79 Å². The number of carboxylic acids is 1. The second-order valence-corrected chi connectivity index (χ2v) is 4.44. The van der Waals surface area contributed by atoms with E-state index in [1.807, 2.05) is 0 Å². The molecule has 0 amide bonds. The van der Waals surface area contributed by atoms with Crippen molar-refractivity contribution in [2.24, 2.45) is 0 Å². The summed E-state index contributed by atoms with van der Waals surface area (Å²) in [6.07, 6.45) is 0.413. The van der Waals surface area contributed by atoms with Crippen molar-refractivity contribution in [1.29, 1.82) is 0 Å². The van der Waals surface area contributed by atoms with E-state index in [1.54, 1.807) is 21.0 Å². The van der Waals surface area contributed by atoms with E-state index in [9.17, 15) is 13.6 Å². The average Bonchev–Trinajstić information content (AvgIpc) is 2.33. The number of carbonyl (C=O) groups is 1. The molecule has 0 aliphatic carbocycles. The molecule has 1 aromatic carbocycles. The number of aliphatic carboxylic acids is 1. The predicted octanol–water partition coefficient (Wildman–Crippen LogP) is 1.98. The van der Waals surface area contributed by atoms with Crippen molar-refractivity contribution in [3.8, 4) is 0 Å². The first-order chi connectivity index (χ1) is 8.88. The molecule has 1 rings (SSSR count). The van der Waals surface area contributed by atoms with Gasteiger partial charge in [-0.05, 0) is 18.1 Å². The molecular formula is C13H18F2N2O2. The van der Waals surface area contributed by atoms with Crippen LogP contribution in [0.3, 0.4) is 0 Å². The van der Waals surface area contributed by atoms with Gasteiger partial charge in [0, 0.05) is 20.6 Å². The van der Waals surface area contributed by atoms with Gasteiger partial charge >= 0.3 is 5.97 Å². The van der Waals surface area contributed by atoms with Crippen molar-refractivity contribution >= 4 is 11.7 Å². The fourth-order valence-electron chi connectivity index (χ4n) is 1.85. The third kappa shape index (κ3) is 3.64. The van der Waals surface area contributed by atoms with E-state index in [-0.39, 0.29) is 12.2 Å². The standard InChI is InChI=1S/C13H18F2N2O2/c1-4-10(13(18)19)16-7-8-5-6-9(14)11(15)12(8)17(2)3/h5-6,10,16H,4,7H2,1-3H3,(H,18,19)/t10-/m1/s1. The molecule has 0 heterocycles. The maximum Gasteiger partial charge on any atom is 0.320 e. The highest BCUT2D eigenvalue weighted by molar-refractivity contribution is 5.73. The molecule has 4 nitrogen and oxygen atoms in total. The minimum absolute atomic E-state index is 0.132. The fraction of sp³-hybridized carbons (Fsp3) is 0.462. The van der Waals surface area contributed by atoms with E-state index in [2.05, 4.69) is 5.32 Å². The van der Waals surface area contributed by atoms with Gasteiger partial charge in [0.2, 0.25) is 0 Å². The molecule has 106 valence electrons. The molecule has 0 saturated carbocycles. The highest BCUT2D eigenvalue weighted by atomic mass is 19.2. The Bertz CT molecular complexity index is 464. The third-order valence-electron chi connectivity index (χ3n) is 2.85. The Morgan fingerprint density at radius 3 is 2.53 bits per heavy atom. The molecule has 1 atom stereocenters. The minimum atomic E-state index is -0.962. The summed E-state index contributed by atoms with van der Waals surface area (Å²) in [5, 5.41) is 11.7. The number of hydrogen-bond donors (Lipinski definition) is 2. The Morgan fingerprint density at radius 1 is 1.42 bits per heavy atom. The van der Waals surface area contributed by atoms with Gasteiger partial charge in [0.25, 0.3) is 0 Å². The van der Waals surface area contributed by atoms with Crippen LogP contribution < -0.4 is 10.2 Å². The molecule has 0 saturated heterocycles. The van der Waals surface area contributed by atoms with E-state index >= 15 is 0 Å². The summed E-state index contributed by atoms with van der Waals surface area (Å²) >= 11 is 0. The van der Waals surface area contributed by atoms with E-state index in [4.69, 9.17) is 5.11 Å². The van der Waals surface area contributed by atoms with Crippen LogP contribution in [0.15, 0.2) is 12.1 Å². The zero-order valence-corrected chi connectivity index (χ0v) is 11.2. The highest BCUT2D eigenvalue weighted by Gasteiger charge is 2.18. The average molecular weight is 272 g/mol. The Labute approximate surface area is 111 Å². The van der Waals surface area contributed by atoms with Crippen LogP contribution in [0.1, 0.15) is 18.9 Å². The summed E-state index contributed by atoms with van der Waals surface area (Å²) in [6, 6.07) is 1.79. The number of benzene rings is 1. The Balaban J connectivity index is 2.95. The molecule has 6 heteroatoms. The monoisotopic (exact) mass is 272 g/mol. The number of carboxylic acid groups (broad SMARTS) is 1. The lowest BCUT2D eigenvalue weighted by molar-refractivity contribution is -0.139. The first-order valence-corrected chi connectivity index (χ1v) is 5.98. The molecule has 0 fully saturated rings. The normalized spacial score (nSPS) is 12.3. The zero-order valence-electron chi connectivity index (χ0n) is 11.2. The van der Waals surface area contributed by atoms with Gasteiger partial charge in [-0.15, -0.1) is 0 Å². The summed E-state index contributed by atoms with van der Waals surface area (Å²) in [6.45, 7) is 1.90. The second kappa shape index (κ2) is 6.47. The van der Waals surface area contributed by atoms with Gasteiger partial charge in [-0.1, -0.05) is 13.0 Å². The second-order valence-electron chi connectivity index (χ2n) is 4.44. The lowest BCUT2D eigenvalue weighted by Gasteiger charge is -2.20. The number of halogens is 2. The zero-order chi connectivity index (χ0) is 14.6. The van der Waals surface area contributed by atoms with Crippen LogP contribution >= 0.6 is 0 Å². The van der Waals surface area contributed by atoms with Gasteiger partial charge < -0.3 is 15.3 Å². The topological polar surface area (TPSA) is 52.6 Å². The molecule has 0 aromatic heterocycles. The number of anilines is 1. The van der Waals surface area contributed by atoms with Crippen LogP contribution in [0.25, 0.3) is 0 Å². The highest BCUT2D eigenvalue weighted by Crippen LogP contribution is 2.25. The van der Waals surface area contributed by atoms with Gasteiger partial charge in [-0.25, -0.2) is 8.78 Å². The van der Waals surface area contributed by atoms with Crippen LogP contribution in [0.2, 0.25) is 0 Å². The van der Waals surface area contributed by atoms with Crippen molar-refractivity contribution in [1.82, 2.24) is 5.32 Å². The molecular weight excluding hydrogens is 254 g/mol. The van der Waals surface area contributed by atoms with Crippen molar-refractivity contribution in [2.75, 3.05) is 19.0 Å². The van der Waals surface area contributed by atoms with Crippen LogP contribution in [-0.2, 0) is 11.3 Å². The van der Waals surface area contributed by atoms with Crippen LogP contribution in [0, 0.1) is 11.6 Å². The van der Waals surface area contributed by atoms with E-state index in [0.717, 1.165) is 6.07 Å². The maximum absolute atomic E-state index is 13.7. The first-order valence-electron chi connectivity index (χ1n) is 5.98. The molecule has 19 heavy (non-hydrogen) atoms. The smallest absolute Gasteiger partial charge is 0.320 e. The predicted molar refractivity (Wildman–Crippen MR) is 69.2 cm³/mol. The molecule has 1 aromatic rings. The fourth-order valence-corrected chi connectivity index (χ4v) is 1.85. The Morgan fingerprint density at radius 2 is 2.05 bits per heavy atom.